The van der Waals surface area contributed by atoms with E-state index in [4.69, 9.17) is 11.2 Å². The van der Waals surface area contributed by atoms with Crippen LogP contribution in [-0.2, 0) is 0 Å². The maximum Gasteiger partial charge on any atom is 0.122 e. The first kappa shape index (κ1) is 14.9. The largest absolute Gasteiger partial charge is 0.492 e. The van der Waals surface area contributed by atoms with Gasteiger partial charge in [0.05, 0.1) is 0 Å². The molecule has 108 valence electrons. The minimum absolute atomic E-state index is 0.673. The molecule has 2 unspecified atom stereocenters. The molecule has 0 amide bonds. The number of nitrogens with zero attached hydrogens (tertiary/aromatic N) is 1. The highest BCUT2D eigenvalue weighted by atomic mass is 16.5. The van der Waals surface area contributed by atoms with Gasteiger partial charge in [-0.3, -0.25) is 4.90 Å². The highest BCUT2D eigenvalue weighted by molar-refractivity contribution is 5.42. The molecule has 0 radical (unpaired) electrons. The monoisotopic (exact) mass is 271 g/mol. The molecule has 2 rings (SSSR count). The summed E-state index contributed by atoms with van der Waals surface area (Å²) in [5, 5.41) is 0. The third-order valence-corrected chi connectivity index (χ3v) is 4.32. The Kier molecular flexibility index (Phi) is 5.09. The van der Waals surface area contributed by atoms with Gasteiger partial charge in [0, 0.05) is 24.2 Å². The number of benzene rings is 1. The van der Waals surface area contributed by atoms with Gasteiger partial charge in [0.25, 0.3) is 0 Å². The summed E-state index contributed by atoms with van der Waals surface area (Å²) >= 11 is 0. The van der Waals surface area contributed by atoms with E-state index in [2.05, 4.69) is 24.7 Å². The van der Waals surface area contributed by atoms with Gasteiger partial charge in [-0.25, -0.2) is 0 Å². The molecule has 0 saturated carbocycles. The number of hydrogen-bond donors (Lipinski definition) is 0. The van der Waals surface area contributed by atoms with Crippen LogP contribution in [0.1, 0.15) is 44.2 Å². The van der Waals surface area contributed by atoms with Crippen LogP contribution in [0.5, 0.6) is 5.75 Å². The van der Waals surface area contributed by atoms with Crippen molar-refractivity contribution in [2.45, 2.75) is 52.1 Å². The maximum atomic E-state index is 5.93. The van der Waals surface area contributed by atoms with Gasteiger partial charge in [-0.2, -0.15) is 0 Å². The standard InChI is InChI=1S/C18H25NO/c1-5-17-9-10-18(14(2)13-17)20-12-11-19-15(3)7-6-8-16(19)4/h1,9-10,13,15-16H,6-8,11-12H2,2-4H3. The third-order valence-electron chi connectivity index (χ3n) is 4.32. The Balaban J connectivity index is 1.88. The first-order valence-electron chi connectivity index (χ1n) is 7.57. The molecule has 0 spiro atoms. The van der Waals surface area contributed by atoms with Gasteiger partial charge in [-0.1, -0.05) is 12.3 Å². The SMILES string of the molecule is C#Cc1ccc(OCCN2C(C)CCCC2C)c(C)c1. The van der Waals surface area contributed by atoms with Crippen molar-refractivity contribution in [3.05, 3.63) is 29.3 Å². The number of terminal acetylenes is 1. The van der Waals surface area contributed by atoms with Crippen LogP contribution in [-0.4, -0.2) is 30.1 Å². The van der Waals surface area contributed by atoms with Crippen molar-refractivity contribution in [3.63, 3.8) is 0 Å². The van der Waals surface area contributed by atoms with Crippen LogP contribution in [0.15, 0.2) is 18.2 Å². The highest BCUT2D eigenvalue weighted by Crippen LogP contribution is 2.23. The van der Waals surface area contributed by atoms with Crippen LogP contribution >= 0.6 is 0 Å². The lowest BCUT2D eigenvalue weighted by atomic mass is 9.98. The number of ether oxygens (including phenoxy) is 1. The minimum Gasteiger partial charge on any atom is -0.492 e. The summed E-state index contributed by atoms with van der Waals surface area (Å²) in [6.45, 7) is 8.43. The molecule has 1 aliphatic heterocycles. The fraction of sp³-hybridized carbons (Fsp3) is 0.556. The number of rotatable bonds is 4. The molecular weight excluding hydrogens is 246 g/mol. The average Bonchev–Trinajstić information content (AvgIpc) is 2.43. The zero-order valence-corrected chi connectivity index (χ0v) is 12.9. The van der Waals surface area contributed by atoms with Crippen molar-refractivity contribution in [2.75, 3.05) is 13.2 Å². The predicted molar refractivity (Wildman–Crippen MR) is 84.1 cm³/mol. The van der Waals surface area contributed by atoms with Crippen LogP contribution < -0.4 is 4.74 Å². The molecule has 2 nitrogen and oxygen atoms in total. The zero-order chi connectivity index (χ0) is 14.5. The summed E-state index contributed by atoms with van der Waals surface area (Å²) in [7, 11) is 0. The molecule has 2 atom stereocenters. The van der Waals surface area contributed by atoms with Crippen molar-refractivity contribution >= 4 is 0 Å². The third kappa shape index (κ3) is 3.55. The van der Waals surface area contributed by atoms with Crippen LogP contribution in [0.3, 0.4) is 0 Å². The van der Waals surface area contributed by atoms with Crippen LogP contribution in [0.25, 0.3) is 0 Å². The summed E-state index contributed by atoms with van der Waals surface area (Å²) < 4.78 is 5.93. The molecular formula is C18H25NO. The quantitative estimate of drug-likeness (QED) is 0.776. The molecule has 1 heterocycles. The highest BCUT2D eigenvalue weighted by Gasteiger charge is 2.24. The Bertz CT molecular complexity index is 479. The molecule has 0 N–H and O–H groups in total. The maximum absolute atomic E-state index is 5.93. The molecule has 1 saturated heterocycles. The lowest BCUT2D eigenvalue weighted by molar-refractivity contribution is 0.0850. The van der Waals surface area contributed by atoms with Crippen molar-refractivity contribution in [1.82, 2.24) is 4.90 Å². The van der Waals surface area contributed by atoms with Gasteiger partial charge in [0.2, 0.25) is 0 Å². The van der Waals surface area contributed by atoms with E-state index in [0.717, 1.165) is 30.0 Å². The molecule has 1 aromatic rings. The summed E-state index contributed by atoms with van der Waals surface area (Å²) in [6, 6.07) is 7.27. The lowest BCUT2D eigenvalue weighted by Gasteiger charge is -2.38. The van der Waals surface area contributed by atoms with E-state index in [-0.39, 0.29) is 0 Å². The second-order valence-corrected chi connectivity index (χ2v) is 5.84. The second kappa shape index (κ2) is 6.81. The van der Waals surface area contributed by atoms with Crippen molar-refractivity contribution < 1.29 is 4.74 Å². The van der Waals surface area contributed by atoms with E-state index in [9.17, 15) is 0 Å². The molecule has 0 aromatic heterocycles. The van der Waals surface area contributed by atoms with Gasteiger partial charge < -0.3 is 4.74 Å². The normalized spacial score (nSPS) is 23.3. The van der Waals surface area contributed by atoms with Gasteiger partial charge in [-0.05, 0) is 57.4 Å². The van der Waals surface area contributed by atoms with E-state index >= 15 is 0 Å². The Morgan fingerprint density at radius 1 is 1.30 bits per heavy atom. The van der Waals surface area contributed by atoms with Crippen LogP contribution in [0.2, 0.25) is 0 Å². The van der Waals surface area contributed by atoms with Crippen molar-refractivity contribution in [2.24, 2.45) is 0 Å². The van der Waals surface area contributed by atoms with E-state index in [1.165, 1.54) is 19.3 Å². The Labute approximate surface area is 123 Å². The molecule has 1 aliphatic rings. The minimum atomic E-state index is 0.673. The molecule has 0 aliphatic carbocycles. The summed E-state index contributed by atoms with van der Waals surface area (Å²) in [5.41, 5.74) is 2.02. The predicted octanol–water partition coefficient (Wildman–Crippen LogP) is 3.62. The Hall–Kier alpha value is -1.46. The first-order chi connectivity index (χ1) is 9.61. The van der Waals surface area contributed by atoms with E-state index in [1.807, 2.05) is 25.1 Å². The zero-order valence-electron chi connectivity index (χ0n) is 12.9. The Morgan fingerprint density at radius 2 is 2.00 bits per heavy atom. The van der Waals surface area contributed by atoms with E-state index < -0.39 is 0 Å². The summed E-state index contributed by atoms with van der Waals surface area (Å²) in [4.78, 5) is 2.56. The van der Waals surface area contributed by atoms with Crippen LogP contribution in [0.4, 0.5) is 0 Å². The average molecular weight is 271 g/mol. The van der Waals surface area contributed by atoms with Gasteiger partial charge in [0.1, 0.15) is 12.4 Å². The molecule has 20 heavy (non-hydrogen) atoms. The lowest BCUT2D eigenvalue weighted by Crippen LogP contribution is -2.45. The number of hydrogen-bond acceptors (Lipinski definition) is 2. The van der Waals surface area contributed by atoms with Gasteiger partial charge in [-0.15, -0.1) is 6.42 Å². The topological polar surface area (TPSA) is 12.5 Å². The van der Waals surface area contributed by atoms with Gasteiger partial charge >= 0.3 is 0 Å². The van der Waals surface area contributed by atoms with Gasteiger partial charge in [0.15, 0.2) is 0 Å². The molecule has 2 heteroatoms. The smallest absolute Gasteiger partial charge is 0.122 e. The second-order valence-electron chi connectivity index (χ2n) is 5.84. The van der Waals surface area contributed by atoms with Crippen LogP contribution in [0, 0.1) is 19.3 Å². The summed E-state index contributed by atoms with van der Waals surface area (Å²) in [5.74, 6) is 3.60. The van der Waals surface area contributed by atoms with Crippen molar-refractivity contribution in [3.8, 4) is 18.1 Å². The Morgan fingerprint density at radius 3 is 2.60 bits per heavy atom. The van der Waals surface area contributed by atoms with E-state index in [1.54, 1.807) is 0 Å². The number of aryl methyl sites for hydroxylation is 1. The molecule has 1 aromatic carbocycles. The number of likely N-dealkylation sites (tertiary alicyclic amines) is 1. The number of piperidine rings is 1. The van der Waals surface area contributed by atoms with E-state index in [0.29, 0.717) is 12.1 Å². The molecule has 1 fully saturated rings. The summed E-state index contributed by atoms with van der Waals surface area (Å²) in [6.07, 6.45) is 9.36. The molecule has 0 bridgehead atoms. The van der Waals surface area contributed by atoms with Crippen molar-refractivity contribution in [1.29, 1.82) is 0 Å². The fourth-order valence-corrected chi connectivity index (χ4v) is 3.08. The fourth-order valence-electron chi connectivity index (χ4n) is 3.08. The first-order valence-corrected chi connectivity index (χ1v) is 7.57.